The van der Waals surface area contributed by atoms with E-state index in [9.17, 15) is 8.42 Å². The summed E-state index contributed by atoms with van der Waals surface area (Å²) >= 11 is 4.05. The van der Waals surface area contributed by atoms with Crippen LogP contribution in [0, 0.1) is 0 Å². The topological polar surface area (TPSA) is 37.4 Å². The lowest BCUT2D eigenvalue weighted by atomic mass is 10.3. The van der Waals surface area contributed by atoms with Gasteiger partial charge in [-0.15, -0.1) is 0 Å². The predicted octanol–water partition coefficient (Wildman–Crippen LogP) is 0.898. The lowest BCUT2D eigenvalue weighted by Gasteiger charge is -2.26. The minimum absolute atomic E-state index is 0.285. The van der Waals surface area contributed by atoms with Gasteiger partial charge in [0.25, 0.3) is 0 Å². The molecule has 0 atom stereocenters. The van der Waals surface area contributed by atoms with Crippen LogP contribution in [0.15, 0.2) is 12.2 Å². The van der Waals surface area contributed by atoms with Crippen molar-refractivity contribution >= 4 is 22.7 Å². The summed E-state index contributed by atoms with van der Waals surface area (Å²) in [6.45, 7) is 4.82. The smallest absolute Gasteiger partial charge is 0.212 e. The summed E-state index contributed by atoms with van der Waals surface area (Å²) in [5.41, 5.74) is 0.855. The monoisotopic (exact) mass is 221 g/mol. The Balaban J connectivity index is 2.62. The van der Waals surface area contributed by atoms with E-state index >= 15 is 0 Å². The van der Waals surface area contributed by atoms with Gasteiger partial charge in [-0.3, -0.25) is 0 Å². The maximum Gasteiger partial charge on any atom is 0.214 e. The Labute approximate surface area is 85.3 Å². The van der Waals surface area contributed by atoms with Gasteiger partial charge in [-0.2, -0.15) is 16.9 Å². The summed E-state index contributed by atoms with van der Waals surface area (Å²) in [5, 5.41) is 0. The molecule has 3 nitrogen and oxygen atoms in total. The minimum atomic E-state index is -2.99. The molecule has 1 aliphatic heterocycles. The maximum atomic E-state index is 11.5. The van der Waals surface area contributed by atoms with Gasteiger partial charge in [0, 0.05) is 18.8 Å². The molecule has 0 N–H and O–H groups in total. The molecule has 0 aromatic rings. The van der Waals surface area contributed by atoms with E-state index in [0.717, 1.165) is 18.4 Å². The van der Waals surface area contributed by atoms with Crippen LogP contribution in [-0.4, -0.2) is 37.3 Å². The van der Waals surface area contributed by atoms with Gasteiger partial charge >= 0.3 is 0 Å². The van der Waals surface area contributed by atoms with Gasteiger partial charge in [-0.1, -0.05) is 12.2 Å². The van der Waals surface area contributed by atoms with E-state index in [4.69, 9.17) is 0 Å². The van der Waals surface area contributed by atoms with Crippen LogP contribution in [0.3, 0.4) is 0 Å². The van der Waals surface area contributed by atoms with Gasteiger partial charge in [0.2, 0.25) is 10.0 Å². The van der Waals surface area contributed by atoms with Crippen LogP contribution in [0.1, 0.15) is 12.8 Å². The molecule has 5 heteroatoms. The van der Waals surface area contributed by atoms with E-state index < -0.39 is 10.0 Å². The number of sulfonamides is 1. The molecule has 0 spiro atoms. The molecular formula is C8H15NO2S2. The van der Waals surface area contributed by atoms with Crippen molar-refractivity contribution in [2.75, 3.05) is 24.6 Å². The highest BCUT2D eigenvalue weighted by atomic mass is 32.2. The van der Waals surface area contributed by atoms with Crippen molar-refractivity contribution in [1.82, 2.24) is 4.31 Å². The number of hydrogen-bond acceptors (Lipinski definition) is 3. The summed E-state index contributed by atoms with van der Waals surface area (Å²) in [6.07, 6.45) is 1.74. The first kappa shape index (κ1) is 11.1. The fourth-order valence-electron chi connectivity index (χ4n) is 1.32. The average molecular weight is 221 g/mol. The summed E-state index contributed by atoms with van der Waals surface area (Å²) < 4.78 is 24.5. The Kier molecular flexibility index (Phi) is 3.82. The summed E-state index contributed by atoms with van der Waals surface area (Å²) in [4.78, 5) is 0. The van der Waals surface area contributed by atoms with Crippen LogP contribution < -0.4 is 0 Å². The van der Waals surface area contributed by atoms with Crippen LogP contribution in [0.4, 0.5) is 0 Å². The highest BCUT2D eigenvalue weighted by Crippen LogP contribution is 2.14. The molecule has 1 rings (SSSR count). The van der Waals surface area contributed by atoms with Crippen molar-refractivity contribution in [3.05, 3.63) is 12.2 Å². The standard InChI is InChI=1S/C8H15NO2S2/c1-8(7-12)6-9-4-2-3-5-13(9,10)11/h12H,1-7H2. The minimum Gasteiger partial charge on any atom is -0.212 e. The fourth-order valence-corrected chi connectivity index (χ4v) is 3.03. The molecule has 0 radical (unpaired) electrons. The van der Waals surface area contributed by atoms with Crippen molar-refractivity contribution in [3.8, 4) is 0 Å². The molecule has 1 fully saturated rings. The van der Waals surface area contributed by atoms with Crippen LogP contribution in [-0.2, 0) is 10.0 Å². The molecule has 0 saturated carbocycles. The number of hydrogen-bond donors (Lipinski definition) is 1. The van der Waals surface area contributed by atoms with Gasteiger partial charge in [-0.05, 0) is 12.8 Å². The quantitative estimate of drug-likeness (QED) is 0.568. The molecule has 76 valence electrons. The molecule has 0 amide bonds. The highest BCUT2D eigenvalue weighted by Gasteiger charge is 2.25. The zero-order chi connectivity index (χ0) is 9.90. The van der Waals surface area contributed by atoms with E-state index in [2.05, 4.69) is 19.2 Å². The first-order valence-electron chi connectivity index (χ1n) is 4.31. The third-order valence-corrected chi connectivity index (χ3v) is 4.43. The Hall–Kier alpha value is -0.0000000000000000555. The Bertz CT molecular complexity index is 285. The molecule has 0 unspecified atom stereocenters. The molecule has 0 aromatic heterocycles. The average Bonchev–Trinajstić information content (AvgIpc) is 2.08. The summed E-state index contributed by atoms with van der Waals surface area (Å²) in [5.74, 6) is 0.832. The van der Waals surface area contributed by atoms with Gasteiger partial charge in [0.15, 0.2) is 0 Å². The van der Waals surface area contributed by atoms with Crippen molar-refractivity contribution in [1.29, 1.82) is 0 Å². The molecule has 0 bridgehead atoms. The Morgan fingerprint density at radius 3 is 2.69 bits per heavy atom. The number of thiol groups is 1. The Morgan fingerprint density at radius 1 is 1.46 bits per heavy atom. The van der Waals surface area contributed by atoms with E-state index in [1.54, 1.807) is 0 Å². The van der Waals surface area contributed by atoms with E-state index in [0.29, 0.717) is 18.8 Å². The SMILES string of the molecule is C=C(CS)CN1CCCCS1(=O)=O. The molecule has 0 aliphatic carbocycles. The van der Waals surface area contributed by atoms with Crippen LogP contribution in [0.25, 0.3) is 0 Å². The predicted molar refractivity (Wildman–Crippen MR) is 57.6 cm³/mol. The van der Waals surface area contributed by atoms with Crippen LogP contribution in [0.2, 0.25) is 0 Å². The second kappa shape index (κ2) is 4.48. The molecule has 1 heterocycles. The largest absolute Gasteiger partial charge is 0.214 e. The lowest BCUT2D eigenvalue weighted by Crippen LogP contribution is -2.39. The van der Waals surface area contributed by atoms with Crippen molar-refractivity contribution in [2.24, 2.45) is 0 Å². The van der Waals surface area contributed by atoms with E-state index in [-0.39, 0.29) is 5.75 Å². The van der Waals surface area contributed by atoms with Crippen LogP contribution in [0.5, 0.6) is 0 Å². The molecule has 1 aliphatic rings. The molecule has 0 aromatic carbocycles. The second-order valence-electron chi connectivity index (χ2n) is 3.26. The summed E-state index contributed by atoms with van der Waals surface area (Å²) in [7, 11) is -2.99. The third-order valence-electron chi connectivity index (χ3n) is 2.08. The molecule has 1 saturated heterocycles. The zero-order valence-electron chi connectivity index (χ0n) is 7.57. The number of rotatable bonds is 3. The fraction of sp³-hybridized carbons (Fsp3) is 0.750. The first-order chi connectivity index (χ1) is 6.06. The highest BCUT2D eigenvalue weighted by molar-refractivity contribution is 7.89. The van der Waals surface area contributed by atoms with Crippen molar-refractivity contribution in [3.63, 3.8) is 0 Å². The van der Waals surface area contributed by atoms with E-state index in [1.807, 2.05) is 0 Å². The third kappa shape index (κ3) is 3.00. The number of nitrogens with zero attached hydrogens (tertiary/aromatic N) is 1. The lowest BCUT2D eigenvalue weighted by molar-refractivity contribution is 0.405. The van der Waals surface area contributed by atoms with Gasteiger partial charge < -0.3 is 0 Å². The zero-order valence-corrected chi connectivity index (χ0v) is 9.28. The van der Waals surface area contributed by atoms with Crippen molar-refractivity contribution in [2.45, 2.75) is 12.8 Å². The molecular weight excluding hydrogens is 206 g/mol. The Morgan fingerprint density at radius 2 is 2.15 bits per heavy atom. The maximum absolute atomic E-state index is 11.5. The van der Waals surface area contributed by atoms with Gasteiger partial charge in [-0.25, -0.2) is 8.42 Å². The normalized spacial score (nSPS) is 22.8. The van der Waals surface area contributed by atoms with E-state index in [1.165, 1.54) is 4.31 Å². The molecule has 13 heavy (non-hydrogen) atoms. The van der Waals surface area contributed by atoms with Crippen LogP contribution >= 0.6 is 12.6 Å². The summed E-state index contributed by atoms with van der Waals surface area (Å²) in [6, 6.07) is 0. The second-order valence-corrected chi connectivity index (χ2v) is 5.67. The van der Waals surface area contributed by atoms with Gasteiger partial charge in [0.05, 0.1) is 5.75 Å². The first-order valence-corrected chi connectivity index (χ1v) is 6.56. The van der Waals surface area contributed by atoms with Gasteiger partial charge in [0.1, 0.15) is 0 Å². The van der Waals surface area contributed by atoms with Crippen molar-refractivity contribution < 1.29 is 8.42 Å².